The molecule has 2 heterocycles. The molecule has 1 aliphatic rings. The zero-order valence-electron chi connectivity index (χ0n) is 24.4. The lowest BCUT2D eigenvalue weighted by Crippen LogP contribution is -2.29. The molecule has 0 atom stereocenters. The third-order valence-corrected chi connectivity index (χ3v) is 7.28. The molecule has 226 valence electrons. The van der Waals surface area contributed by atoms with Crippen molar-refractivity contribution in [2.75, 3.05) is 55.5 Å². The van der Waals surface area contributed by atoms with Crippen LogP contribution in [-0.4, -0.2) is 67.2 Å². The largest absolute Gasteiger partial charge is 0.573 e. The standard InChI is InChI=1S/C29H37F3N8O2/c1-19-7-8-21(13-27(19)40(33)18-26(34-3)25-17-35-38(5)20(25)2)28(41)36-22-14-23(16-24(15-22)42-29(30,31)32)39-10-6-9-37(4)11-12-39/h7-8,13-18,34H,6,9-12,33H2,1-5H3,(H,36,41)/b26-18-. The molecular weight excluding hydrogens is 549 g/mol. The first-order valence-corrected chi connectivity index (χ1v) is 13.5. The molecule has 2 aromatic carbocycles. The Kier molecular flexibility index (Phi) is 9.32. The quantitative estimate of drug-likeness (QED) is 0.266. The van der Waals surface area contributed by atoms with E-state index in [-0.39, 0.29) is 11.3 Å². The number of aryl methyl sites for hydroxylation is 2. The second kappa shape index (κ2) is 12.7. The zero-order valence-corrected chi connectivity index (χ0v) is 24.4. The van der Waals surface area contributed by atoms with Crippen LogP contribution in [0.2, 0.25) is 0 Å². The van der Waals surface area contributed by atoms with E-state index in [1.54, 1.807) is 48.4 Å². The number of anilines is 3. The first-order chi connectivity index (χ1) is 19.8. The Balaban J connectivity index is 1.61. The van der Waals surface area contributed by atoms with Crippen LogP contribution in [0.4, 0.5) is 30.2 Å². The normalized spacial score (nSPS) is 14.9. The molecule has 1 saturated heterocycles. The number of hydrazine groups is 1. The summed E-state index contributed by atoms with van der Waals surface area (Å²) < 4.78 is 45.4. The Morgan fingerprint density at radius 2 is 1.86 bits per heavy atom. The highest BCUT2D eigenvalue weighted by Crippen LogP contribution is 2.32. The third kappa shape index (κ3) is 7.53. The molecule has 0 radical (unpaired) electrons. The molecule has 1 aromatic heterocycles. The SMILES string of the molecule is CN/C(=C\N(N)c1cc(C(=O)Nc2cc(OC(F)(F)F)cc(N3CCCN(C)CC3)c2)ccc1C)c1cnn(C)c1C. The van der Waals surface area contributed by atoms with Gasteiger partial charge in [0.25, 0.3) is 5.91 Å². The van der Waals surface area contributed by atoms with E-state index in [1.165, 1.54) is 17.1 Å². The van der Waals surface area contributed by atoms with Crippen molar-refractivity contribution in [3.63, 3.8) is 0 Å². The number of nitrogens with zero attached hydrogens (tertiary/aromatic N) is 5. The molecule has 0 saturated carbocycles. The topological polar surface area (TPSA) is 104 Å². The maximum Gasteiger partial charge on any atom is 0.573 e. The number of nitrogens with two attached hydrogens (primary N) is 1. The van der Waals surface area contributed by atoms with Gasteiger partial charge in [-0.25, -0.2) is 5.84 Å². The number of carbonyl (C=O) groups excluding carboxylic acids is 1. The number of carbonyl (C=O) groups is 1. The average Bonchev–Trinajstić information content (AvgIpc) is 3.10. The van der Waals surface area contributed by atoms with Crippen LogP contribution in [0, 0.1) is 13.8 Å². The third-order valence-electron chi connectivity index (χ3n) is 7.28. The minimum Gasteiger partial charge on any atom is -0.406 e. The summed E-state index contributed by atoms with van der Waals surface area (Å²) in [5, 5.41) is 11.6. The lowest BCUT2D eigenvalue weighted by molar-refractivity contribution is -0.274. The Bertz CT molecular complexity index is 1450. The number of benzene rings is 2. The summed E-state index contributed by atoms with van der Waals surface area (Å²) in [6, 6.07) is 9.20. The van der Waals surface area contributed by atoms with Gasteiger partial charge in [-0.2, -0.15) is 5.10 Å². The van der Waals surface area contributed by atoms with Gasteiger partial charge in [0, 0.05) is 80.3 Å². The van der Waals surface area contributed by atoms with E-state index in [9.17, 15) is 18.0 Å². The minimum absolute atomic E-state index is 0.186. The van der Waals surface area contributed by atoms with E-state index < -0.39 is 18.0 Å². The summed E-state index contributed by atoms with van der Waals surface area (Å²) in [6.07, 6.45) is -0.578. The lowest BCUT2D eigenvalue weighted by atomic mass is 10.1. The fourth-order valence-corrected chi connectivity index (χ4v) is 4.81. The molecule has 4 rings (SSSR count). The number of alkyl halides is 3. The van der Waals surface area contributed by atoms with Crippen molar-refractivity contribution in [2.45, 2.75) is 26.6 Å². The molecule has 13 heteroatoms. The van der Waals surface area contributed by atoms with E-state index >= 15 is 0 Å². The van der Waals surface area contributed by atoms with Crippen molar-refractivity contribution < 1.29 is 22.7 Å². The van der Waals surface area contributed by atoms with Gasteiger partial charge < -0.3 is 25.2 Å². The van der Waals surface area contributed by atoms with Crippen molar-refractivity contribution in [1.82, 2.24) is 20.0 Å². The van der Waals surface area contributed by atoms with E-state index in [2.05, 4.69) is 25.4 Å². The maximum absolute atomic E-state index is 13.3. The van der Waals surface area contributed by atoms with Crippen molar-refractivity contribution >= 4 is 28.7 Å². The molecule has 0 spiro atoms. The van der Waals surface area contributed by atoms with Crippen molar-refractivity contribution in [2.24, 2.45) is 12.9 Å². The molecule has 42 heavy (non-hydrogen) atoms. The Morgan fingerprint density at radius 1 is 1.10 bits per heavy atom. The minimum atomic E-state index is -4.87. The van der Waals surface area contributed by atoms with Gasteiger partial charge >= 0.3 is 6.36 Å². The summed E-state index contributed by atoms with van der Waals surface area (Å²) in [4.78, 5) is 17.5. The van der Waals surface area contributed by atoms with Crippen LogP contribution in [0.25, 0.3) is 5.70 Å². The second-order valence-corrected chi connectivity index (χ2v) is 10.3. The molecule has 1 fully saturated rings. The maximum atomic E-state index is 13.3. The Labute approximate surface area is 243 Å². The van der Waals surface area contributed by atoms with Gasteiger partial charge in [0.05, 0.1) is 17.6 Å². The molecule has 0 unspecified atom stereocenters. The Morgan fingerprint density at radius 3 is 2.52 bits per heavy atom. The van der Waals surface area contributed by atoms with Crippen LogP contribution in [-0.2, 0) is 7.05 Å². The number of aromatic nitrogens is 2. The van der Waals surface area contributed by atoms with Gasteiger partial charge in [-0.15, -0.1) is 13.2 Å². The molecular formula is C29H37F3N8O2. The molecule has 1 amide bonds. The molecule has 3 aromatic rings. The second-order valence-electron chi connectivity index (χ2n) is 10.3. The van der Waals surface area contributed by atoms with Gasteiger partial charge in [-0.1, -0.05) is 6.07 Å². The number of ether oxygens (including phenoxy) is 1. The predicted octanol–water partition coefficient (Wildman–Crippen LogP) is 4.23. The van der Waals surface area contributed by atoms with Gasteiger partial charge in [-0.3, -0.25) is 14.5 Å². The molecule has 0 aliphatic carbocycles. The fourth-order valence-electron chi connectivity index (χ4n) is 4.81. The number of halogens is 3. The molecule has 0 bridgehead atoms. The monoisotopic (exact) mass is 586 g/mol. The molecule has 1 aliphatic heterocycles. The van der Waals surface area contributed by atoms with Crippen molar-refractivity contribution in [1.29, 1.82) is 0 Å². The van der Waals surface area contributed by atoms with Gasteiger partial charge in [0.2, 0.25) is 0 Å². The highest BCUT2D eigenvalue weighted by atomic mass is 19.4. The number of nitrogens with one attached hydrogen (secondary N) is 2. The number of likely N-dealkylation sites (N-methyl/N-ethyl adjacent to an activating group) is 1. The van der Waals surface area contributed by atoms with Crippen LogP contribution in [0.1, 0.15) is 33.6 Å². The van der Waals surface area contributed by atoms with E-state index in [0.29, 0.717) is 24.5 Å². The fraction of sp³-hybridized carbons (Fsp3) is 0.379. The van der Waals surface area contributed by atoms with E-state index in [1.807, 2.05) is 32.8 Å². The van der Waals surface area contributed by atoms with Gasteiger partial charge in [0.1, 0.15) is 5.75 Å². The summed E-state index contributed by atoms with van der Waals surface area (Å²) in [5.74, 6) is 5.51. The number of rotatable bonds is 8. The van der Waals surface area contributed by atoms with Crippen molar-refractivity contribution in [3.8, 4) is 5.75 Å². The van der Waals surface area contributed by atoms with Crippen molar-refractivity contribution in [3.05, 3.63) is 71.2 Å². The summed E-state index contributed by atoms with van der Waals surface area (Å²) in [7, 11) is 5.63. The Hall–Kier alpha value is -4.23. The summed E-state index contributed by atoms with van der Waals surface area (Å²) >= 11 is 0. The van der Waals surface area contributed by atoms with Crippen LogP contribution < -0.4 is 31.1 Å². The van der Waals surface area contributed by atoms with Gasteiger partial charge in [-0.05, 0) is 57.6 Å². The van der Waals surface area contributed by atoms with Crippen LogP contribution in [0.5, 0.6) is 5.75 Å². The smallest absolute Gasteiger partial charge is 0.406 e. The first-order valence-electron chi connectivity index (χ1n) is 13.5. The molecule has 4 N–H and O–H groups in total. The summed E-state index contributed by atoms with van der Waals surface area (Å²) in [5.41, 5.74) is 4.93. The molecule has 10 nitrogen and oxygen atoms in total. The highest BCUT2D eigenvalue weighted by Gasteiger charge is 2.31. The van der Waals surface area contributed by atoms with Crippen LogP contribution in [0.15, 0.2) is 48.8 Å². The van der Waals surface area contributed by atoms with E-state index in [4.69, 9.17) is 5.84 Å². The zero-order chi connectivity index (χ0) is 30.6. The predicted molar refractivity (Wildman–Crippen MR) is 158 cm³/mol. The first kappa shape index (κ1) is 30.7. The summed E-state index contributed by atoms with van der Waals surface area (Å²) in [6.45, 7) is 6.75. The number of hydrogen-bond acceptors (Lipinski definition) is 8. The number of hydrogen-bond donors (Lipinski definition) is 3. The lowest BCUT2D eigenvalue weighted by Gasteiger charge is -2.24. The highest BCUT2D eigenvalue weighted by molar-refractivity contribution is 6.05. The van der Waals surface area contributed by atoms with Crippen LogP contribution in [0.3, 0.4) is 0 Å². The van der Waals surface area contributed by atoms with E-state index in [0.717, 1.165) is 42.0 Å². The van der Waals surface area contributed by atoms with Gasteiger partial charge in [0.15, 0.2) is 0 Å². The number of amides is 1. The average molecular weight is 587 g/mol. The van der Waals surface area contributed by atoms with Crippen LogP contribution >= 0.6 is 0 Å².